The van der Waals surface area contributed by atoms with E-state index < -0.39 is 0 Å². The largest absolute Gasteiger partial charge is 0.271 e. The molecule has 0 amide bonds. The monoisotopic (exact) mass is 254 g/mol. The summed E-state index contributed by atoms with van der Waals surface area (Å²) in [6.45, 7) is 2.08. The van der Waals surface area contributed by atoms with E-state index in [-0.39, 0.29) is 6.04 Å². The number of hydrogen-bond acceptors (Lipinski definition) is 6. The molecule has 0 saturated carbocycles. The summed E-state index contributed by atoms with van der Waals surface area (Å²) >= 11 is 3.13. The van der Waals surface area contributed by atoms with Crippen molar-refractivity contribution in [1.29, 1.82) is 0 Å². The maximum Gasteiger partial charge on any atom is 0.0801 e. The first kappa shape index (κ1) is 11.7. The Morgan fingerprint density at radius 1 is 1.56 bits per heavy atom. The van der Waals surface area contributed by atoms with Crippen LogP contribution in [0, 0.1) is 0 Å². The molecule has 0 bridgehead atoms. The van der Waals surface area contributed by atoms with Crippen LogP contribution in [0.15, 0.2) is 16.8 Å². The fourth-order valence-electron chi connectivity index (χ4n) is 1.60. The Balaban J connectivity index is 2.16. The summed E-state index contributed by atoms with van der Waals surface area (Å²) in [7, 11) is 0. The molecule has 0 fully saturated rings. The molecule has 2 aromatic rings. The minimum atomic E-state index is 0.115. The summed E-state index contributed by atoms with van der Waals surface area (Å²) in [5.74, 6) is 5.61. The SMILES string of the molecule is CCc1nnsc1C(Cc1ccsc1)NN. The highest BCUT2D eigenvalue weighted by Crippen LogP contribution is 2.24. The number of rotatable bonds is 5. The van der Waals surface area contributed by atoms with Crippen LogP contribution in [0.4, 0.5) is 0 Å². The maximum atomic E-state index is 5.61. The fraction of sp³-hybridized carbons (Fsp3) is 0.400. The molecular weight excluding hydrogens is 240 g/mol. The molecule has 4 nitrogen and oxygen atoms in total. The molecule has 6 heteroatoms. The van der Waals surface area contributed by atoms with Gasteiger partial charge in [0.05, 0.1) is 16.6 Å². The highest BCUT2D eigenvalue weighted by Gasteiger charge is 2.17. The number of thiophene rings is 1. The third kappa shape index (κ3) is 2.46. The number of nitrogens with zero attached hydrogens (tertiary/aromatic N) is 2. The van der Waals surface area contributed by atoms with Crippen molar-refractivity contribution in [2.75, 3.05) is 0 Å². The van der Waals surface area contributed by atoms with Crippen molar-refractivity contribution in [3.8, 4) is 0 Å². The zero-order valence-corrected chi connectivity index (χ0v) is 10.6. The lowest BCUT2D eigenvalue weighted by Crippen LogP contribution is -2.29. The van der Waals surface area contributed by atoms with Crippen molar-refractivity contribution in [3.05, 3.63) is 33.0 Å². The Labute approximate surface area is 103 Å². The molecule has 0 saturated heterocycles. The van der Waals surface area contributed by atoms with Crippen molar-refractivity contribution in [2.24, 2.45) is 5.84 Å². The molecule has 0 aliphatic rings. The zero-order valence-electron chi connectivity index (χ0n) is 9.01. The molecule has 2 rings (SSSR count). The predicted molar refractivity (Wildman–Crippen MR) is 67.4 cm³/mol. The summed E-state index contributed by atoms with van der Waals surface area (Å²) in [6, 6.07) is 2.24. The topological polar surface area (TPSA) is 63.8 Å². The lowest BCUT2D eigenvalue weighted by Gasteiger charge is -2.13. The Morgan fingerprint density at radius 2 is 2.44 bits per heavy atom. The van der Waals surface area contributed by atoms with E-state index >= 15 is 0 Å². The minimum absolute atomic E-state index is 0.115. The number of nitrogens with one attached hydrogen (secondary N) is 1. The van der Waals surface area contributed by atoms with Crippen molar-refractivity contribution in [2.45, 2.75) is 25.8 Å². The van der Waals surface area contributed by atoms with E-state index in [4.69, 9.17) is 5.84 Å². The van der Waals surface area contributed by atoms with Gasteiger partial charge in [-0.15, -0.1) is 5.10 Å². The number of aromatic nitrogens is 2. The Kier molecular flexibility index (Phi) is 4.00. The molecule has 1 atom stereocenters. The average molecular weight is 254 g/mol. The van der Waals surface area contributed by atoms with E-state index in [0.29, 0.717) is 0 Å². The van der Waals surface area contributed by atoms with Crippen LogP contribution in [0.3, 0.4) is 0 Å². The van der Waals surface area contributed by atoms with E-state index in [1.807, 2.05) is 0 Å². The molecule has 0 aliphatic heterocycles. The van der Waals surface area contributed by atoms with Gasteiger partial charge in [0.2, 0.25) is 0 Å². The van der Waals surface area contributed by atoms with Crippen molar-refractivity contribution < 1.29 is 0 Å². The summed E-state index contributed by atoms with van der Waals surface area (Å²) in [5.41, 5.74) is 5.19. The second-order valence-corrected chi connectivity index (χ2v) is 5.06. The summed E-state index contributed by atoms with van der Waals surface area (Å²) < 4.78 is 3.99. The molecule has 2 aromatic heterocycles. The van der Waals surface area contributed by atoms with E-state index in [2.05, 4.69) is 38.8 Å². The lowest BCUT2D eigenvalue weighted by molar-refractivity contribution is 0.556. The third-order valence-electron chi connectivity index (χ3n) is 2.46. The molecule has 16 heavy (non-hydrogen) atoms. The molecule has 0 radical (unpaired) electrons. The van der Waals surface area contributed by atoms with Crippen molar-refractivity contribution in [3.63, 3.8) is 0 Å². The van der Waals surface area contributed by atoms with Crippen LogP contribution < -0.4 is 11.3 Å². The van der Waals surface area contributed by atoms with Crippen LogP contribution in [0.25, 0.3) is 0 Å². The van der Waals surface area contributed by atoms with Crippen LogP contribution in [-0.4, -0.2) is 9.59 Å². The van der Waals surface area contributed by atoms with Crippen LogP contribution in [-0.2, 0) is 12.8 Å². The van der Waals surface area contributed by atoms with Gasteiger partial charge in [0.25, 0.3) is 0 Å². The first-order valence-electron chi connectivity index (χ1n) is 5.13. The normalized spacial score (nSPS) is 12.9. The molecule has 0 aliphatic carbocycles. The van der Waals surface area contributed by atoms with Crippen LogP contribution >= 0.6 is 22.9 Å². The quantitative estimate of drug-likeness (QED) is 0.632. The van der Waals surface area contributed by atoms with Gasteiger partial charge in [-0.3, -0.25) is 11.3 Å². The molecule has 86 valence electrons. The van der Waals surface area contributed by atoms with Gasteiger partial charge in [-0.05, 0) is 46.8 Å². The first-order chi connectivity index (χ1) is 7.85. The summed E-state index contributed by atoms with van der Waals surface area (Å²) in [4.78, 5) is 1.15. The lowest BCUT2D eigenvalue weighted by atomic mass is 10.1. The number of hydrazine groups is 1. The maximum absolute atomic E-state index is 5.61. The van der Waals surface area contributed by atoms with Gasteiger partial charge in [0.1, 0.15) is 0 Å². The summed E-state index contributed by atoms with van der Waals surface area (Å²) in [6.07, 6.45) is 1.78. The molecule has 2 heterocycles. The average Bonchev–Trinajstić information content (AvgIpc) is 2.96. The van der Waals surface area contributed by atoms with E-state index in [1.54, 1.807) is 11.3 Å². The highest BCUT2D eigenvalue weighted by atomic mass is 32.1. The van der Waals surface area contributed by atoms with Crippen LogP contribution in [0.5, 0.6) is 0 Å². The molecule has 0 aromatic carbocycles. The number of nitrogens with two attached hydrogens (primary N) is 1. The zero-order chi connectivity index (χ0) is 11.4. The second-order valence-electron chi connectivity index (χ2n) is 3.49. The van der Waals surface area contributed by atoms with Crippen molar-refractivity contribution in [1.82, 2.24) is 15.0 Å². The van der Waals surface area contributed by atoms with Gasteiger partial charge in [-0.1, -0.05) is 11.4 Å². The van der Waals surface area contributed by atoms with Gasteiger partial charge in [0.15, 0.2) is 0 Å². The number of aryl methyl sites for hydroxylation is 1. The van der Waals surface area contributed by atoms with Crippen LogP contribution in [0.1, 0.15) is 29.1 Å². The standard InChI is InChI=1S/C10H14N4S2/c1-2-8-10(16-14-13-8)9(12-11)5-7-3-4-15-6-7/h3-4,6,9,12H,2,5,11H2,1H3. The van der Waals surface area contributed by atoms with E-state index in [9.17, 15) is 0 Å². The van der Waals surface area contributed by atoms with Crippen molar-refractivity contribution >= 4 is 22.9 Å². The molecule has 0 spiro atoms. The molecule has 3 N–H and O–H groups in total. The van der Waals surface area contributed by atoms with E-state index in [1.165, 1.54) is 17.1 Å². The van der Waals surface area contributed by atoms with Crippen LogP contribution in [0.2, 0.25) is 0 Å². The smallest absolute Gasteiger partial charge is 0.0801 e. The molecule has 1 unspecified atom stereocenters. The fourth-order valence-corrected chi connectivity index (χ4v) is 3.08. The van der Waals surface area contributed by atoms with Gasteiger partial charge in [0, 0.05) is 0 Å². The van der Waals surface area contributed by atoms with Gasteiger partial charge < -0.3 is 0 Å². The highest BCUT2D eigenvalue weighted by molar-refractivity contribution is 7.08. The Morgan fingerprint density at radius 3 is 3.06 bits per heavy atom. The minimum Gasteiger partial charge on any atom is -0.271 e. The third-order valence-corrected chi connectivity index (χ3v) is 4.07. The van der Waals surface area contributed by atoms with Gasteiger partial charge in [-0.25, -0.2) is 0 Å². The Bertz CT molecular complexity index is 424. The summed E-state index contributed by atoms with van der Waals surface area (Å²) in [5, 5.41) is 8.33. The predicted octanol–water partition coefficient (Wildman–Crippen LogP) is 1.91. The van der Waals surface area contributed by atoms with E-state index in [0.717, 1.165) is 23.4 Å². The molecular formula is C10H14N4S2. The van der Waals surface area contributed by atoms with Gasteiger partial charge in [-0.2, -0.15) is 11.3 Å². The number of hydrogen-bond donors (Lipinski definition) is 2. The first-order valence-corrected chi connectivity index (χ1v) is 6.85. The second kappa shape index (κ2) is 5.49. The Hall–Kier alpha value is -0.820. The van der Waals surface area contributed by atoms with Gasteiger partial charge >= 0.3 is 0 Å².